The van der Waals surface area contributed by atoms with E-state index >= 15 is 0 Å². The number of benzene rings is 2. The third kappa shape index (κ3) is 3.90. The predicted octanol–water partition coefficient (Wildman–Crippen LogP) is 3.47. The number of carbonyl (C=O) groups is 2. The Morgan fingerprint density at radius 2 is 2.00 bits per heavy atom. The van der Waals surface area contributed by atoms with Crippen LogP contribution < -0.4 is 5.32 Å². The predicted molar refractivity (Wildman–Crippen MR) is 111 cm³/mol. The average Bonchev–Trinajstić information content (AvgIpc) is 3.34. The molecule has 2 aromatic carbocycles. The lowest BCUT2D eigenvalue weighted by Gasteiger charge is -2.10. The van der Waals surface area contributed by atoms with Crippen molar-refractivity contribution in [1.29, 1.82) is 0 Å². The number of nitrogens with one attached hydrogen (secondary N) is 2. The number of Topliss-reactive ketones (excluding diaryl/α,β-unsaturated/α-hetero) is 1. The second-order valence-electron chi connectivity index (χ2n) is 6.48. The van der Waals surface area contributed by atoms with Gasteiger partial charge in [-0.1, -0.05) is 36.0 Å². The van der Waals surface area contributed by atoms with Crippen LogP contribution in [-0.2, 0) is 4.79 Å². The van der Waals surface area contributed by atoms with Gasteiger partial charge in [0.1, 0.15) is 0 Å². The van der Waals surface area contributed by atoms with Crippen LogP contribution in [0.4, 0.5) is 5.69 Å². The number of aromatic nitrogens is 5. The van der Waals surface area contributed by atoms with Gasteiger partial charge in [0, 0.05) is 35.3 Å². The number of nitrogens with zero attached hydrogens (tertiary/aromatic N) is 4. The lowest BCUT2D eigenvalue weighted by Crippen LogP contribution is -2.14. The SMILES string of the molecule is CC(=O)Nc1cccc(-n2nnnc2SC(C)C(=O)c2c[nH]c3ccccc23)c1. The van der Waals surface area contributed by atoms with Crippen molar-refractivity contribution < 1.29 is 9.59 Å². The molecule has 2 heterocycles. The smallest absolute Gasteiger partial charge is 0.221 e. The molecule has 0 saturated carbocycles. The summed E-state index contributed by atoms with van der Waals surface area (Å²) in [4.78, 5) is 27.4. The van der Waals surface area contributed by atoms with Gasteiger partial charge >= 0.3 is 0 Å². The van der Waals surface area contributed by atoms with Crippen LogP contribution in [0.1, 0.15) is 24.2 Å². The third-order valence-corrected chi connectivity index (χ3v) is 5.39. The van der Waals surface area contributed by atoms with Gasteiger partial charge in [-0.15, -0.1) is 5.10 Å². The van der Waals surface area contributed by atoms with Gasteiger partial charge in [0.15, 0.2) is 5.78 Å². The van der Waals surface area contributed by atoms with E-state index in [1.807, 2.05) is 37.3 Å². The standard InChI is InChI=1S/C20H18N6O2S/c1-12(19(28)17-11-21-18-9-4-3-8-16(17)18)29-20-23-24-25-26(20)15-7-5-6-14(10-15)22-13(2)27/h3-12,21H,1-2H3,(H,22,27). The zero-order valence-electron chi connectivity index (χ0n) is 15.8. The summed E-state index contributed by atoms with van der Waals surface area (Å²) in [5, 5.41) is 15.6. The van der Waals surface area contributed by atoms with E-state index < -0.39 is 5.25 Å². The van der Waals surface area contributed by atoms with Gasteiger partial charge in [-0.25, -0.2) is 0 Å². The highest BCUT2D eigenvalue weighted by Crippen LogP contribution is 2.28. The molecule has 4 rings (SSSR count). The lowest BCUT2D eigenvalue weighted by atomic mass is 10.1. The lowest BCUT2D eigenvalue weighted by molar-refractivity contribution is -0.114. The van der Waals surface area contributed by atoms with Gasteiger partial charge in [-0.2, -0.15) is 4.68 Å². The molecule has 29 heavy (non-hydrogen) atoms. The topological polar surface area (TPSA) is 106 Å². The number of fused-ring (bicyclic) bond motifs is 1. The number of ketones is 1. The van der Waals surface area contributed by atoms with Crippen molar-refractivity contribution in [2.75, 3.05) is 5.32 Å². The Kier molecular flexibility index (Phi) is 5.13. The minimum Gasteiger partial charge on any atom is -0.360 e. The molecular formula is C20H18N6O2S. The minimum absolute atomic E-state index is 0.00556. The van der Waals surface area contributed by atoms with Crippen molar-refractivity contribution in [2.45, 2.75) is 24.3 Å². The summed E-state index contributed by atoms with van der Waals surface area (Å²) >= 11 is 1.28. The first-order chi connectivity index (χ1) is 14.0. The number of aromatic amines is 1. The van der Waals surface area contributed by atoms with E-state index in [1.165, 1.54) is 18.7 Å². The summed E-state index contributed by atoms with van der Waals surface area (Å²) in [5.74, 6) is -0.166. The van der Waals surface area contributed by atoms with E-state index in [2.05, 4.69) is 25.8 Å². The first-order valence-electron chi connectivity index (χ1n) is 8.96. The molecule has 146 valence electrons. The van der Waals surface area contributed by atoms with Crippen molar-refractivity contribution in [3.8, 4) is 5.69 Å². The normalized spacial score (nSPS) is 12.1. The van der Waals surface area contributed by atoms with E-state index in [-0.39, 0.29) is 11.7 Å². The minimum atomic E-state index is -0.391. The highest BCUT2D eigenvalue weighted by atomic mass is 32.2. The Morgan fingerprint density at radius 1 is 1.17 bits per heavy atom. The Morgan fingerprint density at radius 3 is 2.83 bits per heavy atom. The van der Waals surface area contributed by atoms with Gasteiger partial charge in [0.25, 0.3) is 0 Å². The molecule has 0 spiro atoms. The second kappa shape index (κ2) is 7.88. The molecule has 2 aromatic heterocycles. The maximum atomic E-state index is 13.0. The maximum Gasteiger partial charge on any atom is 0.221 e. The highest BCUT2D eigenvalue weighted by Gasteiger charge is 2.22. The van der Waals surface area contributed by atoms with Gasteiger partial charge in [-0.3, -0.25) is 9.59 Å². The summed E-state index contributed by atoms with van der Waals surface area (Å²) in [5.41, 5.74) is 2.90. The van der Waals surface area contributed by atoms with Crippen LogP contribution >= 0.6 is 11.8 Å². The molecule has 0 aliphatic rings. The zero-order chi connectivity index (χ0) is 20.4. The van der Waals surface area contributed by atoms with Gasteiger partial charge in [-0.05, 0) is 41.6 Å². The number of para-hydroxylation sites is 1. The number of thioether (sulfide) groups is 1. The number of hydrogen-bond donors (Lipinski definition) is 2. The van der Waals surface area contributed by atoms with E-state index in [0.29, 0.717) is 22.1 Å². The zero-order valence-corrected chi connectivity index (χ0v) is 16.6. The number of carbonyl (C=O) groups excluding carboxylic acids is 2. The average molecular weight is 406 g/mol. The Balaban J connectivity index is 1.57. The molecule has 0 bridgehead atoms. The Hall–Kier alpha value is -3.46. The van der Waals surface area contributed by atoms with E-state index in [4.69, 9.17) is 0 Å². The maximum absolute atomic E-state index is 13.0. The number of rotatable bonds is 6. The molecule has 0 aliphatic heterocycles. The highest BCUT2D eigenvalue weighted by molar-refractivity contribution is 8.00. The Bertz CT molecular complexity index is 1200. The number of hydrogen-bond acceptors (Lipinski definition) is 6. The van der Waals surface area contributed by atoms with E-state index in [9.17, 15) is 9.59 Å². The molecule has 8 nitrogen and oxygen atoms in total. The van der Waals surface area contributed by atoms with Crippen LogP contribution in [-0.4, -0.2) is 42.1 Å². The van der Waals surface area contributed by atoms with Crippen molar-refractivity contribution in [3.05, 3.63) is 60.3 Å². The fourth-order valence-electron chi connectivity index (χ4n) is 3.04. The molecule has 1 unspecified atom stereocenters. The first-order valence-corrected chi connectivity index (χ1v) is 9.84. The number of anilines is 1. The number of amides is 1. The largest absolute Gasteiger partial charge is 0.360 e. The van der Waals surface area contributed by atoms with Crippen LogP contribution in [0.5, 0.6) is 0 Å². The summed E-state index contributed by atoms with van der Waals surface area (Å²) in [6, 6.07) is 14.9. The molecule has 1 amide bonds. The summed E-state index contributed by atoms with van der Waals surface area (Å²) < 4.78 is 1.55. The van der Waals surface area contributed by atoms with Crippen LogP contribution in [0.25, 0.3) is 16.6 Å². The van der Waals surface area contributed by atoms with Crippen LogP contribution in [0.15, 0.2) is 59.9 Å². The van der Waals surface area contributed by atoms with Gasteiger partial charge < -0.3 is 10.3 Å². The Labute approximate surface area is 170 Å². The van der Waals surface area contributed by atoms with Crippen LogP contribution in [0, 0.1) is 0 Å². The summed E-state index contributed by atoms with van der Waals surface area (Å²) in [6.45, 7) is 3.28. The van der Waals surface area contributed by atoms with Crippen molar-refractivity contribution in [1.82, 2.24) is 25.2 Å². The molecule has 0 saturated heterocycles. The second-order valence-corrected chi connectivity index (χ2v) is 7.78. The number of H-pyrrole nitrogens is 1. The monoisotopic (exact) mass is 406 g/mol. The van der Waals surface area contributed by atoms with E-state index in [0.717, 1.165) is 10.9 Å². The molecule has 2 N–H and O–H groups in total. The van der Waals surface area contributed by atoms with Crippen molar-refractivity contribution in [3.63, 3.8) is 0 Å². The number of tetrazole rings is 1. The molecule has 4 aromatic rings. The summed E-state index contributed by atoms with van der Waals surface area (Å²) in [6.07, 6.45) is 1.74. The fraction of sp³-hybridized carbons (Fsp3) is 0.150. The first kappa shape index (κ1) is 18.9. The third-order valence-electron chi connectivity index (χ3n) is 4.36. The van der Waals surface area contributed by atoms with Crippen molar-refractivity contribution >= 4 is 40.0 Å². The van der Waals surface area contributed by atoms with Gasteiger partial charge in [0.2, 0.25) is 11.1 Å². The van der Waals surface area contributed by atoms with Gasteiger partial charge in [0.05, 0.1) is 10.9 Å². The molecular weight excluding hydrogens is 388 g/mol. The fourth-order valence-corrected chi connectivity index (χ4v) is 3.91. The van der Waals surface area contributed by atoms with Crippen molar-refractivity contribution in [2.24, 2.45) is 0 Å². The molecule has 0 fully saturated rings. The summed E-state index contributed by atoms with van der Waals surface area (Å²) in [7, 11) is 0. The quantitative estimate of drug-likeness (QED) is 0.375. The molecule has 9 heteroatoms. The molecule has 0 radical (unpaired) electrons. The van der Waals surface area contributed by atoms with Crippen LogP contribution in [0.2, 0.25) is 0 Å². The molecule has 0 aliphatic carbocycles. The molecule has 1 atom stereocenters. The van der Waals surface area contributed by atoms with Crippen LogP contribution in [0.3, 0.4) is 0 Å². The van der Waals surface area contributed by atoms with E-state index in [1.54, 1.807) is 29.1 Å².